The Bertz CT molecular complexity index is 380. The van der Waals surface area contributed by atoms with Gasteiger partial charge in [-0.1, -0.05) is 0 Å². The highest BCUT2D eigenvalue weighted by Crippen LogP contribution is 2.03. The van der Waals surface area contributed by atoms with E-state index >= 15 is 0 Å². The van der Waals surface area contributed by atoms with Crippen LogP contribution in [0.5, 0.6) is 0 Å². The summed E-state index contributed by atoms with van der Waals surface area (Å²) in [5.41, 5.74) is 10.1. The molecule has 1 rings (SSSR count). The number of nitrogens with two attached hydrogens (primary N) is 2. The summed E-state index contributed by atoms with van der Waals surface area (Å²) in [7, 11) is -4.47. The van der Waals surface area contributed by atoms with E-state index in [1.807, 2.05) is 0 Å². The molecule has 0 fully saturated rings. The maximum Gasteiger partial charge on any atom is 0.330 e. The van der Waals surface area contributed by atoms with Crippen LogP contribution in [-0.2, 0) is 10.1 Å². The van der Waals surface area contributed by atoms with Gasteiger partial charge >= 0.3 is 10.1 Å². The van der Waals surface area contributed by atoms with Crippen LogP contribution in [0.25, 0.3) is 0 Å². The van der Waals surface area contributed by atoms with Crippen molar-refractivity contribution in [1.29, 1.82) is 0 Å². The number of rotatable bonds is 1. The molecule has 0 saturated carbocycles. The molecule has 66 valence electrons. The van der Waals surface area contributed by atoms with Crippen LogP contribution in [0.15, 0.2) is 5.16 Å². The molecule has 0 bridgehead atoms. The van der Waals surface area contributed by atoms with Crippen molar-refractivity contribution in [2.75, 3.05) is 11.5 Å². The Kier molecular flexibility index (Phi) is 1.82. The average molecular weight is 191 g/mol. The first kappa shape index (κ1) is 8.62. The molecule has 0 aromatic carbocycles. The van der Waals surface area contributed by atoms with Gasteiger partial charge in [-0.05, 0) is 0 Å². The summed E-state index contributed by atoms with van der Waals surface area (Å²) < 4.78 is 29.3. The number of hydrogen-bond donors (Lipinski definition) is 3. The van der Waals surface area contributed by atoms with E-state index in [1.165, 1.54) is 0 Å². The van der Waals surface area contributed by atoms with Gasteiger partial charge in [0.05, 0.1) is 0 Å². The fourth-order valence-corrected chi connectivity index (χ4v) is 0.921. The number of aromatic nitrogens is 3. The minimum atomic E-state index is -4.47. The quantitative estimate of drug-likeness (QED) is 0.444. The Labute approximate surface area is 67.4 Å². The van der Waals surface area contributed by atoms with Gasteiger partial charge in [-0.2, -0.15) is 23.4 Å². The Balaban J connectivity index is 3.37. The van der Waals surface area contributed by atoms with Crippen molar-refractivity contribution in [2.45, 2.75) is 5.16 Å². The zero-order chi connectivity index (χ0) is 9.35. The Morgan fingerprint density at radius 1 is 1.08 bits per heavy atom. The second-order valence-corrected chi connectivity index (χ2v) is 3.12. The van der Waals surface area contributed by atoms with E-state index in [0.29, 0.717) is 0 Å². The Morgan fingerprint density at radius 2 is 1.50 bits per heavy atom. The number of nitrogens with zero attached hydrogens (tertiary/aromatic N) is 3. The van der Waals surface area contributed by atoms with Crippen LogP contribution in [0, 0.1) is 0 Å². The summed E-state index contributed by atoms with van der Waals surface area (Å²) >= 11 is 0. The summed E-state index contributed by atoms with van der Waals surface area (Å²) in [6.45, 7) is 0. The van der Waals surface area contributed by atoms with E-state index in [9.17, 15) is 8.42 Å². The molecule has 0 aliphatic rings. The lowest BCUT2D eigenvalue weighted by atomic mass is 10.9. The van der Waals surface area contributed by atoms with Gasteiger partial charge in [-0.3, -0.25) is 4.55 Å². The smallest absolute Gasteiger partial charge is 0.330 e. The van der Waals surface area contributed by atoms with Crippen molar-refractivity contribution in [3.63, 3.8) is 0 Å². The Hall–Kier alpha value is -1.48. The SMILES string of the molecule is Nc1nc(N)nc(S(=O)(=O)O)n1. The largest absolute Gasteiger partial charge is 0.368 e. The zero-order valence-electron chi connectivity index (χ0n) is 5.67. The first-order valence-corrected chi connectivity index (χ1v) is 4.08. The molecule has 0 aliphatic carbocycles. The molecule has 1 heterocycles. The third kappa shape index (κ3) is 1.77. The highest BCUT2D eigenvalue weighted by atomic mass is 32.2. The van der Waals surface area contributed by atoms with E-state index in [0.717, 1.165) is 0 Å². The summed E-state index contributed by atoms with van der Waals surface area (Å²) in [4.78, 5) is 9.59. The lowest BCUT2D eigenvalue weighted by Crippen LogP contribution is -2.11. The molecular formula is C3H5N5O3S. The second-order valence-electron chi connectivity index (χ2n) is 1.81. The van der Waals surface area contributed by atoms with Gasteiger partial charge in [0, 0.05) is 0 Å². The van der Waals surface area contributed by atoms with Gasteiger partial charge in [0.15, 0.2) is 0 Å². The fraction of sp³-hybridized carbons (Fsp3) is 0. The van der Waals surface area contributed by atoms with E-state index in [-0.39, 0.29) is 11.9 Å². The van der Waals surface area contributed by atoms with Crippen molar-refractivity contribution in [3.05, 3.63) is 0 Å². The molecule has 0 aliphatic heterocycles. The van der Waals surface area contributed by atoms with Crippen LogP contribution >= 0.6 is 0 Å². The number of nitrogen functional groups attached to an aromatic ring is 2. The van der Waals surface area contributed by atoms with Crippen LogP contribution in [0.4, 0.5) is 11.9 Å². The first-order valence-electron chi connectivity index (χ1n) is 2.64. The molecular weight excluding hydrogens is 186 g/mol. The molecule has 5 N–H and O–H groups in total. The molecule has 0 atom stereocenters. The number of anilines is 2. The van der Waals surface area contributed by atoms with E-state index in [4.69, 9.17) is 16.0 Å². The van der Waals surface area contributed by atoms with Crippen molar-refractivity contribution in [2.24, 2.45) is 0 Å². The third-order valence-electron chi connectivity index (χ3n) is 0.880. The van der Waals surface area contributed by atoms with Crippen LogP contribution in [0.1, 0.15) is 0 Å². The predicted molar refractivity (Wildman–Crippen MR) is 38.5 cm³/mol. The molecule has 0 radical (unpaired) electrons. The maximum absolute atomic E-state index is 10.4. The number of hydrogen-bond acceptors (Lipinski definition) is 7. The second kappa shape index (κ2) is 2.53. The maximum atomic E-state index is 10.4. The van der Waals surface area contributed by atoms with Crippen molar-refractivity contribution in [1.82, 2.24) is 15.0 Å². The highest BCUT2D eigenvalue weighted by Gasteiger charge is 2.15. The van der Waals surface area contributed by atoms with E-state index in [2.05, 4.69) is 15.0 Å². The predicted octanol–water partition coefficient (Wildman–Crippen LogP) is -1.72. The molecule has 0 saturated heterocycles. The lowest BCUT2D eigenvalue weighted by molar-refractivity contribution is 0.474. The first-order chi connectivity index (χ1) is 5.39. The van der Waals surface area contributed by atoms with Gasteiger partial charge < -0.3 is 11.5 Å². The molecule has 1 aromatic rings. The fourth-order valence-electron chi connectivity index (χ4n) is 0.504. The minimum absolute atomic E-state index is 0.366. The normalized spacial score (nSPS) is 11.4. The van der Waals surface area contributed by atoms with Gasteiger partial charge in [-0.15, -0.1) is 0 Å². The van der Waals surface area contributed by atoms with E-state index < -0.39 is 15.3 Å². The molecule has 1 aromatic heterocycles. The minimum Gasteiger partial charge on any atom is -0.368 e. The monoisotopic (exact) mass is 191 g/mol. The Morgan fingerprint density at radius 3 is 1.83 bits per heavy atom. The van der Waals surface area contributed by atoms with Crippen molar-refractivity contribution >= 4 is 22.0 Å². The zero-order valence-corrected chi connectivity index (χ0v) is 6.48. The topological polar surface area (TPSA) is 145 Å². The van der Waals surface area contributed by atoms with Gasteiger partial charge in [-0.25, -0.2) is 0 Å². The standard InChI is InChI=1S/C3H5N5O3S/c4-1-6-2(5)8-3(7-1)12(9,10)11/h(H,9,10,11)(H4,4,5,6,7,8). The van der Waals surface area contributed by atoms with Gasteiger partial charge in [0.2, 0.25) is 11.9 Å². The average Bonchev–Trinajstić information content (AvgIpc) is 1.82. The third-order valence-corrected chi connectivity index (χ3v) is 1.52. The van der Waals surface area contributed by atoms with Crippen LogP contribution in [-0.4, -0.2) is 27.9 Å². The highest BCUT2D eigenvalue weighted by molar-refractivity contribution is 7.85. The van der Waals surface area contributed by atoms with Crippen LogP contribution in [0.2, 0.25) is 0 Å². The van der Waals surface area contributed by atoms with Crippen molar-refractivity contribution < 1.29 is 13.0 Å². The molecule has 0 spiro atoms. The molecule has 0 amide bonds. The summed E-state index contributed by atoms with van der Waals surface area (Å²) in [6.07, 6.45) is 0. The van der Waals surface area contributed by atoms with Crippen LogP contribution < -0.4 is 11.5 Å². The van der Waals surface area contributed by atoms with Crippen LogP contribution in [0.3, 0.4) is 0 Å². The molecule has 8 nitrogen and oxygen atoms in total. The molecule has 9 heteroatoms. The molecule has 12 heavy (non-hydrogen) atoms. The summed E-state index contributed by atoms with van der Waals surface area (Å²) in [5.74, 6) is -0.731. The van der Waals surface area contributed by atoms with Crippen molar-refractivity contribution in [3.8, 4) is 0 Å². The molecule has 0 unspecified atom stereocenters. The van der Waals surface area contributed by atoms with Gasteiger partial charge in [0.1, 0.15) is 0 Å². The van der Waals surface area contributed by atoms with Gasteiger partial charge in [0.25, 0.3) is 5.16 Å². The lowest BCUT2D eigenvalue weighted by Gasteiger charge is -1.96. The summed E-state index contributed by atoms with van der Waals surface area (Å²) in [6, 6.07) is 0. The van der Waals surface area contributed by atoms with E-state index in [1.54, 1.807) is 0 Å². The summed E-state index contributed by atoms with van der Waals surface area (Å²) in [5, 5.41) is -0.854.